The lowest BCUT2D eigenvalue weighted by molar-refractivity contribution is 0.0699. The summed E-state index contributed by atoms with van der Waals surface area (Å²) in [6.45, 7) is 2.68. The Balaban J connectivity index is 2.04. The number of halogens is 1. The van der Waals surface area contributed by atoms with Gasteiger partial charge in [-0.2, -0.15) is 0 Å². The van der Waals surface area contributed by atoms with Crippen molar-refractivity contribution in [2.24, 2.45) is 11.7 Å². The molecule has 1 aromatic rings. The molecule has 1 aliphatic heterocycles. The molecule has 3 nitrogen and oxygen atoms in total. The number of ether oxygens (including phenoxy) is 1. The van der Waals surface area contributed by atoms with Gasteiger partial charge in [0.05, 0.1) is 0 Å². The Labute approximate surface area is 121 Å². The van der Waals surface area contributed by atoms with Crippen LogP contribution in [0.25, 0.3) is 0 Å². The van der Waals surface area contributed by atoms with Gasteiger partial charge in [-0.25, -0.2) is 0 Å². The SMILES string of the molecule is NC(=S)c1c(Br)cccc1NCC1CCOCC1. The van der Waals surface area contributed by atoms with Crippen molar-refractivity contribution in [1.82, 2.24) is 0 Å². The van der Waals surface area contributed by atoms with Crippen LogP contribution in [0.3, 0.4) is 0 Å². The van der Waals surface area contributed by atoms with Crippen LogP contribution in [0.1, 0.15) is 18.4 Å². The predicted octanol–water partition coefficient (Wildman–Crippen LogP) is 2.92. The Kier molecular flexibility index (Phi) is 4.97. The summed E-state index contributed by atoms with van der Waals surface area (Å²) in [7, 11) is 0. The Morgan fingerprint density at radius 3 is 2.83 bits per heavy atom. The van der Waals surface area contributed by atoms with Crippen LogP contribution in [-0.4, -0.2) is 24.7 Å². The molecule has 5 heteroatoms. The molecule has 1 fully saturated rings. The summed E-state index contributed by atoms with van der Waals surface area (Å²) in [5.41, 5.74) is 7.66. The molecule has 0 aromatic heterocycles. The minimum absolute atomic E-state index is 0.414. The molecule has 0 spiro atoms. The van der Waals surface area contributed by atoms with Gasteiger partial charge in [0.25, 0.3) is 0 Å². The van der Waals surface area contributed by atoms with E-state index in [4.69, 9.17) is 22.7 Å². The van der Waals surface area contributed by atoms with Crippen molar-refractivity contribution in [2.75, 3.05) is 25.1 Å². The number of thiocarbonyl (C=S) groups is 1. The van der Waals surface area contributed by atoms with Crippen LogP contribution in [0.5, 0.6) is 0 Å². The number of anilines is 1. The molecule has 1 heterocycles. The number of hydrogen-bond acceptors (Lipinski definition) is 3. The summed E-state index contributed by atoms with van der Waals surface area (Å²) in [5, 5.41) is 3.45. The Morgan fingerprint density at radius 1 is 1.44 bits per heavy atom. The first-order chi connectivity index (χ1) is 8.68. The minimum Gasteiger partial charge on any atom is -0.389 e. The third-order valence-electron chi connectivity index (χ3n) is 3.18. The van der Waals surface area contributed by atoms with Crippen molar-refractivity contribution in [2.45, 2.75) is 12.8 Å². The van der Waals surface area contributed by atoms with Gasteiger partial charge in [-0.15, -0.1) is 0 Å². The molecular weight excluding hydrogens is 312 g/mol. The van der Waals surface area contributed by atoms with E-state index in [0.717, 1.165) is 48.3 Å². The molecule has 1 aliphatic rings. The van der Waals surface area contributed by atoms with Gasteiger partial charge in [-0.1, -0.05) is 18.3 Å². The average molecular weight is 329 g/mol. The first-order valence-corrected chi connectivity index (χ1v) is 7.28. The van der Waals surface area contributed by atoms with Crippen molar-refractivity contribution in [1.29, 1.82) is 0 Å². The van der Waals surface area contributed by atoms with Crippen LogP contribution >= 0.6 is 28.1 Å². The van der Waals surface area contributed by atoms with E-state index >= 15 is 0 Å². The second-order valence-corrected chi connectivity index (χ2v) is 5.76. The monoisotopic (exact) mass is 328 g/mol. The normalized spacial score (nSPS) is 16.5. The number of benzene rings is 1. The maximum atomic E-state index is 5.77. The van der Waals surface area contributed by atoms with Crippen molar-refractivity contribution in [3.05, 3.63) is 28.2 Å². The van der Waals surface area contributed by atoms with E-state index in [9.17, 15) is 0 Å². The molecule has 0 atom stereocenters. The first-order valence-electron chi connectivity index (χ1n) is 6.08. The van der Waals surface area contributed by atoms with Crippen molar-refractivity contribution in [3.8, 4) is 0 Å². The Hall–Kier alpha value is -0.650. The molecule has 0 radical (unpaired) electrons. The lowest BCUT2D eigenvalue weighted by Crippen LogP contribution is -2.23. The summed E-state index contributed by atoms with van der Waals surface area (Å²) < 4.78 is 6.29. The van der Waals surface area contributed by atoms with Crippen LogP contribution in [0.15, 0.2) is 22.7 Å². The smallest absolute Gasteiger partial charge is 0.107 e. The summed E-state index contributed by atoms with van der Waals surface area (Å²) in [6, 6.07) is 5.95. The van der Waals surface area contributed by atoms with Gasteiger partial charge in [-0.05, 0) is 46.8 Å². The highest BCUT2D eigenvalue weighted by atomic mass is 79.9. The fourth-order valence-corrected chi connectivity index (χ4v) is 3.06. The van der Waals surface area contributed by atoms with Gasteiger partial charge in [0.2, 0.25) is 0 Å². The summed E-state index contributed by atoms with van der Waals surface area (Å²) >= 11 is 8.58. The highest BCUT2D eigenvalue weighted by molar-refractivity contribution is 9.10. The number of rotatable bonds is 4. The molecule has 0 amide bonds. The van der Waals surface area contributed by atoms with E-state index in [1.807, 2.05) is 18.2 Å². The zero-order valence-electron chi connectivity index (χ0n) is 10.1. The number of hydrogen-bond donors (Lipinski definition) is 2. The second kappa shape index (κ2) is 6.50. The van der Waals surface area contributed by atoms with Gasteiger partial charge in [-0.3, -0.25) is 0 Å². The van der Waals surface area contributed by atoms with Gasteiger partial charge in [0.1, 0.15) is 4.99 Å². The van der Waals surface area contributed by atoms with E-state index < -0.39 is 0 Å². The van der Waals surface area contributed by atoms with Crippen LogP contribution in [0.2, 0.25) is 0 Å². The Bertz CT molecular complexity index is 433. The molecule has 0 bridgehead atoms. The van der Waals surface area contributed by atoms with E-state index in [-0.39, 0.29) is 0 Å². The van der Waals surface area contributed by atoms with Crippen LogP contribution in [0, 0.1) is 5.92 Å². The molecule has 18 heavy (non-hydrogen) atoms. The maximum absolute atomic E-state index is 5.77. The third kappa shape index (κ3) is 3.43. The molecule has 98 valence electrons. The Morgan fingerprint density at radius 2 is 2.17 bits per heavy atom. The summed E-state index contributed by atoms with van der Waals surface area (Å²) in [4.78, 5) is 0.414. The quantitative estimate of drug-likeness (QED) is 0.834. The van der Waals surface area contributed by atoms with Crippen LogP contribution in [-0.2, 0) is 4.74 Å². The van der Waals surface area contributed by atoms with Crippen LogP contribution < -0.4 is 11.1 Å². The maximum Gasteiger partial charge on any atom is 0.107 e. The van der Waals surface area contributed by atoms with Crippen molar-refractivity contribution >= 4 is 38.8 Å². The fourth-order valence-electron chi connectivity index (χ4n) is 2.13. The first kappa shape index (κ1) is 13.8. The topological polar surface area (TPSA) is 47.3 Å². The molecule has 1 aromatic carbocycles. The predicted molar refractivity (Wildman–Crippen MR) is 82.1 cm³/mol. The zero-order chi connectivity index (χ0) is 13.0. The largest absolute Gasteiger partial charge is 0.389 e. The minimum atomic E-state index is 0.414. The second-order valence-electron chi connectivity index (χ2n) is 4.46. The van der Waals surface area contributed by atoms with Crippen molar-refractivity contribution < 1.29 is 4.74 Å². The van der Waals surface area contributed by atoms with Gasteiger partial charge >= 0.3 is 0 Å². The molecule has 3 N–H and O–H groups in total. The highest BCUT2D eigenvalue weighted by Crippen LogP contribution is 2.25. The zero-order valence-corrected chi connectivity index (χ0v) is 12.5. The van der Waals surface area contributed by atoms with Gasteiger partial charge in [0.15, 0.2) is 0 Å². The fraction of sp³-hybridized carbons (Fsp3) is 0.462. The van der Waals surface area contributed by atoms with E-state index in [2.05, 4.69) is 21.2 Å². The average Bonchev–Trinajstić information content (AvgIpc) is 2.37. The molecule has 0 aliphatic carbocycles. The van der Waals surface area contributed by atoms with Crippen molar-refractivity contribution in [3.63, 3.8) is 0 Å². The molecule has 1 saturated heterocycles. The summed E-state index contributed by atoms with van der Waals surface area (Å²) in [5.74, 6) is 0.664. The third-order valence-corrected chi connectivity index (χ3v) is 4.05. The van der Waals surface area contributed by atoms with E-state index in [1.54, 1.807) is 0 Å². The molecule has 0 unspecified atom stereocenters. The lowest BCUT2D eigenvalue weighted by Gasteiger charge is -2.23. The molecule has 0 saturated carbocycles. The molecular formula is C13H17BrN2OS. The van der Waals surface area contributed by atoms with Crippen LogP contribution in [0.4, 0.5) is 5.69 Å². The van der Waals surface area contributed by atoms with E-state index in [0.29, 0.717) is 10.9 Å². The van der Waals surface area contributed by atoms with Gasteiger partial charge < -0.3 is 15.8 Å². The summed E-state index contributed by atoms with van der Waals surface area (Å²) in [6.07, 6.45) is 2.23. The van der Waals surface area contributed by atoms with E-state index in [1.165, 1.54) is 0 Å². The standard InChI is InChI=1S/C13H17BrN2OS/c14-10-2-1-3-11(12(10)13(15)18)16-8-9-4-6-17-7-5-9/h1-3,9,16H,4-8H2,(H2,15,18). The molecule has 2 rings (SSSR count). The number of nitrogens with two attached hydrogens (primary N) is 1. The lowest BCUT2D eigenvalue weighted by atomic mass is 10.00. The highest BCUT2D eigenvalue weighted by Gasteiger charge is 2.15. The van der Waals surface area contributed by atoms with Gasteiger partial charge in [0, 0.05) is 35.5 Å². The number of nitrogens with one attached hydrogen (secondary N) is 1.